The Balaban J connectivity index is 1.60. The Labute approximate surface area is 164 Å². The number of hydrazone groups is 1. The molecule has 5 heteroatoms. The lowest BCUT2D eigenvalue weighted by Crippen LogP contribution is -2.09. The van der Waals surface area contributed by atoms with E-state index in [4.69, 9.17) is 0 Å². The fraction of sp³-hybridized carbons (Fsp3) is 0.227. The van der Waals surface area contributed by atoms with Crippen LogP contribution in [0.2, 0.25) is 0 Å². The van der Waals surface area contributed by atoms with Gasteiger partial charge in [0.1, 0.15) is 10.4 Å². The monoisotopic (exact) mass is 376 g/mol. The molecule has 4 nitrogen and oxygen atoms in total. The third-order valence-corrected chi connectivity index (χ3v) is 6.06. The number of benzene rings is 2. The van der Waals surface area contributed by atoms with E-state index in [2.05, 4.69) is 103 Å². The molecule has 1 atom stereocenters. The minimum atomic E-state index is 0.140. The van der Waals surface area contributed by atoms with Gasteiger partial charge in [0.2, 0.25) is 0 Å². The van der Waals surface area contributed by atoms with Crippen molar-refractivity contribution in [2.45, 2.75) is 19.2 Å². The highest BCUT2D eigenvalue weighted by Crippen LogP contribution is 2.37. The average Bonchev–Trinajstić information content (AvgIpc) is 3.27. The Morgan fingerprint density at radius 3 is 2.37 bits per heavy atom. The second-order valence-electron chi connectivity index (χ2n) is 6.98. The minimum Gasteiger partial charge on any atom is -0.378 e. The van der Waals surface area contributed by atoms with Gasteiger partial charge in [0.25, 0.3) is 0 Å². The van der Waals surface area contributed by atoms with Crippen molar-refractivity contribution in [3.8, 4) is 5.69 Å². The van der Waals surface area contributed by atoms with Gasteiger partial charge in [-0.3, -0.25) is 5.43 Å². The Kier molecular flexibility index (Phi) is 4.70. The van der Waals surface area contributed by atoms with Crippen LogP contribution in [0.5, 0.6) is 0 Å². The lowest BCUT2D eigenvalue weighted by atomic mass is 10.2. The van der Waals surface area contributed by atoms with Crippen LogP contribution in [0.1, 0.15) is 27.9 Å². The first kappa shape index (κ1) is 17.7. The number of aryl methyl sites for hydroxylation is 1. The molecule has 1 aliphatic heterocycles. The molecule has 2 heterocycles. The number of rotatable bonds is 4. The van der Waals surface area contributed by atoms with Gasteiger partial charge < -0.3 is 9.47 Å². The van der Waals surface area contributed by atoms with Gasteiger partial charge in [-0.15, -0.1) is 0 Å². The first-order valence-electron chi connectivity index (χ1n) is 9.06. The molecule has 138 valence electrons. The molecule has 0 bridgehead atoms. The summed E-state index contributed by atoms with van der Waals surface area (Å²) in [6.45, 7) is 4.35. The van der Waals surface area contributed by atoms with Crippen molar-refractivity contribution in [2.24, 2.45) is 5.10 Å². The maximum Gasteiger partial charge on any atom is 0.126 e. The first-order chi connectivity index (χ1) is 13.0. The molecular weight excluding hydrogens is 352 g/mol. The molecule has 1 aliphatic rings. The lowest BCUT2D eigenvalue weighted by Gasteiger charge is -2.15. The van der Waals surface area contributed by atoms with E-state index >= 15 is 0 Å². The summed E-state index contributed by atoms with van der Waals surface area (Å²) in [5.41, 5.74) is 10.6. The van der Waals surface area contributed by atoms with E-state index in [9.17, 15) is 0 Å². The summed E-state index contributed by atoms with van der Waals surface area (Å²) in [5, 5.41) is 5.74. The maximum absolute atomic E-state index is 4.56. The third-order valence-electron chi connectivity index (χ3n) is 4.91. The molecule has 2 aromatic carbocycles. The van der Waals surface area contributed by atoms with Crippen LogP contribution in [-0.4, -0.2) is 23.7 Å². The number of nitrogens with one attached hydrogen (secondary N) is 1. The van der Waals surface area contributed by atoms with E-state index in [0.717, 1.165) is 10.6 Å². The largest absolute Gasteiger partial charge is 0.378 e. The van der Waals surface area contributed by atoms with Crippen molar-refractivity contribution in [3.05, 3.63) is 83.2 Å². The quantitative estimate of drug-likeness (QED) is 0.706. The summed E-state index contributed by atoms with van der Waals surface area (Å²) in [7, 11) is 4.12. The van der Waals surface area contributed by atoms with Crippen LogP contribution >= 0.6 is 11.8 Å². The molecule has 0 amide bonds. The molecular formula is C22H24N4S. The second-order valence-corrected chi connectivity index (χ2v) is 8.08. The van der Waals surface area contributed by atoms with Gasteiger partial charge >= 0.3 is 0 Å². The van der Waals surface area contributed by atoms with Crippen molar-refractivity contribution >= 4 is 22.5 Å². The Morgan fingerprint density at radius 1 is 1.00 bits per heavy atom. The Bertz CT molecular complexity index is 972. The fourth-order valence-corrected chi connectivity index (χ4v) is 4.55. The number of nitrogens with zero attached hydrogens (tertiary/aromatic N) is 3. The summed E-state index contributed by atoms with van der Waals surface area (Å²) >= 11 is 1.77. The molecule has 27 heavy (non-hydrogen) atoms. The van der Waals surface area contributed by atoms with E-state index in [1.807, 2.05) is 6.07 Å². The number of hydrogen-bond acceptors (Lipinski definition) is 4. The summed E-state index contributed by atoms with van der Waals surface area (Å²) in [6.07, 6.45) is 0. The predicted molar refractivity (Wildman–Crippen MR) is 116 cm³/mol. The maximum atomic E-state index is 4.56. The van der Waals surface area contributed by atoms with Gasteiger partial charge in [-0.1, -0.05) is 42.1 Å². The van der Waals surface area contributed by atoms with Gasteiger partial charge in [-0.2, -0.15) is 5.10 Å². The SMILES string of the molecule is Cc1cc([C@@H]2NN=C(c3ccccc3)S2)c(C)n1-c1ccc(N(C)C)cc1. The van der Waals surface area contributed by atoms with Crippen LogP contribution in [-0.2, 0) is 0 Å². The summed E-state index contributed by atoms with van der Waals surface area (Å²) in [4.78, 5) is 2.12. The molecule has 0 fully saturated rings. The standard InChI is InChI=1S/C22H24N4S/c1-15-14-20(22-24-23-21(27-22)17-8-6-5-7-9-17)16(2)26(15)19-12-10-18(11-13-19)25(3)4/h5-14,22,24H,1-4H3/t22-/m1/s1. The van der Waals surface area contributed by atoms with Crippen LogP contribution in [0, 0.1) is 13.8 Å². The number of thioether (sulfide) groups is 1. The van der Waals surface area contributed by atoms with Gasteiger partial charge in [0.15, 0.2) is 0 Å². The van der Waals surface area contributed by atoms with Crippen LogP contribution in [0.4, 0.5) is 5.69 Å². The van der Waals surface area contributed by atoms with Crippen LogP contribution < -0.4 is 10.3 Å². The van der Waals surface area contributed by atoms with Crippen molar-refractivity contribution in [2.75, 3.05) is 19.0 Å². The topological polar surface area (TPSA) is 32.6 Å². The minimum absolute atomic E-state index is 0.140. The predicted octanol–water partition coefficient (Wildman–Crippen LogP) is 4.86. The Hall–Kier alpha value is -2.66. The zero-order valence-corrected chi connectivity index (χ0v) is 16.9. The van der Waals surface area contributed by atoms with Gasteiger partial charge in [-0.25, -0.2) is 0 Å². The molecule has 3 aromatic rings. The molecule has 1 aromatic heterocycles. The van der Waals surface area contributed by atoms with Gasteiger partial charge in [0, 0.05) is 48.0 Å². The third kappa shape index (κ3) is 3.35. The van der Waals surface area contributed by atoms with Gasteiger partial charge in [-0.05, 0) is 44.2 Å². The normalized spacial score (nSPS) is 16.1. The molecule has 0 spiro atoms. The molecule has 4 rings (SSSR count). The van der Waals surface area contributed by atoms with Crippen LogP contribution in [0.15, 0.2) is 65.8 Å². The summed E-state index contributed by atoms with van der Waals surface area (Å²) in [5.74, 6) is 0. The highest BCUT2D eigenvalue weighted by Gasteiger charge is 2.26. The van der Waals surface area contributed by atoms with Crippen molar-refractivity contribution in [3.63, 3.8) is 0 Å². The van der Waals surface area contributed by atoms with Crippen molar-refractivity contribution in [1.82, 2.24) is 9.99 Å². The number of aromatic nitrogens is 1. The Morgan fingerprint density at radius 2 is 1.70 bits per heavy atom. The van der Waals surface area contributed by atoms with Crippen LogP contribution in [0.25, 0.3) is 5.69 Å². The molecule has 0 saturated heterocycles. The van der Waals surface area contributed by atoms with Crippen molar-refractivity contribution < 1.29 is 0 Å². The van der Waals surface area contributed by atoms with Gasteiger partial charge in [0.05, 0.1) is 0 Å². The number of anilines is 1. The van der Waals surface area contributed by atoms with E-state index in [1.165, 1.54) is 28.3 Å². The lowest BCUT2D eigenvalue weighted by molar-refractivity contribution is 0.737. The highest BCUT2D eigenvalue weighted by molar-refractivity contribution is 8.14. The molecule has 1 N–H and O–H groups in total. The summed E-state index contributed by atoms with van der Waals surface area (Å²) in [6, 6.07) is 21.3. The zero-order valence-electron chi connectivity index (χ0n) is 16.1. The molecule has 0 unspecified atom stereocenters. The van der Waals surface area contributed by atoms with E-state index in [1.54, 1.807) is 11.8 Å². The summed E-state index contributed by atoms with van der Waals surface area (Å²) < 4.78 is 2.32. The second kappa shape index (κ2) is 7.16. The van der Waals surface area contributed by atoms with Crippen LogP contribution in [0.3, 0.4) is 0 Å². The fourth-order valence-electron chi connectivity index (χ4n) is 3.48. The van der Waals surface area contributed by atoms with Crippen molar-refractivity contribution in [1.29, 1.82) is 0 Å². The smallest absolute Gasteiger partial charge is 0.126 e. The van der Waals surface area contributed by atoms with E-state index in [-0.39, 0.29) is 5.37 Å². The average molecular weight is 377 g/mol. The highest BCUT2D eigenvalue weighted by atomic mass is 32.2. The van der Waals surface area contributed by atoms with E-state index < -0.39 is 0 Å². The molecule has 0 aliphatic carbocycles. The first-order valence-corrected chi connectivity index (χ1v) is 9.94. The molecule has 0 saturated carbocycles. The van der Waals surface area contributed by atoms with E-state index in [0.29, 0.717) is 0 Å². The zero-order chi connectivity index (χ0) is 19.0. The number of hydrogen-bond donors (Lipinski definition) is 1. The molecule has 0 radical (unpaired) electrons.